The highest BCUT2D eigenvalue weighted by molar-refractivity contribution is 5.71. The van der Waals surface area contributed by atoms with Gasteiger partial charge in [-0.05, 0) is 67.8 Å². The van der Waals surface area contributed by atoms with Crippen LogP contribution in [0, 0.1) is 34.5 Å². The monoisotopic (exact) mass is 340 g/mol. The van der Waals surface area contributed by atoms with Crippen molar-refractivity contribution in [3.63, 3.8) is 0 Å². The molecule has 5 rings (SSSR count). The predicted octanol–water partition coefficient (Wildman–Crippen LogP) is 4.39. The third-order valence-corrected chi connectivity index (χ3v) is 8.65. The van der Waals surface area contributed by atoms with E-state index in [4.69, 9.17) is 0 Å². The lowest BCUT2D eigenvalue weighted by Crippen LogP contribution is -2.52. The molecule has 1 N–H and O–H groups in total. The molecule has 0 spiro atoms. The minimum absolute atomic E-state index is 0.00867. The number of carboxylic acids is 1. The predicted molar refractivity (Wildman–Crippen MR) is 95.8 cm³/mol. The van der Waals surface area contributed by atoms with Crippen LogP contribution >= 0.6 is 0 Å². The number of aliphatic carboxylic acids is 1. The van der Waals surface area contributed by atoms with Crippen LogP contribution in [0.4, 0.5) is 0 Å². The SMILES string of the molecule is CC12C=Cc3nccn3C1CCC1C2CCC2(C)C1CC[C@@H]2C(=O)O. The summed E-state index contributed by atoms with van der Waals surface area (Å²) in [5.41, 5.74) is 0.188. The van der Waals surface area contributed by atoms with E-state index in [-0.39, 0.29) is 16.7 Å². The zero-order valence-electron chi connectivity index (χ0n) is 15.2. The van der Waals surface area contributed by atoms with Gasteiger partial charge < -0.3 is 9.67 Å². The summed E-state index contributed by atoms with van der Waals surface area (Å²) in [6.45, 7) is 4.72. The number of fused-ring (bicyclic) bond motifs is 7. The van der Waals surface area contributed by atoms with Gasteiger partial charge in [0.2, 0.25) is 0 Å². The molecule has 3 aliphatic carbocycles. The van der Waals surface area contributed by atoms with Gasteiger partial charge in [-0.2, -0.15) is 0 Å². The fraction of sp³-hybridized carbons (Fsp3) is 0.714. The van der Waals surface area contributed by atoms with Crippen LogP contribution < -0.4 is 0 Å². The van der Waals surface area contributed by atoms with E-state index in [1.54, 1.807) is 0 Å². The Morgan fingerprint density at radius 3 is 2.84 bits per heavy atom. The van der Waals surface area contributed by atoms with E-state index in [0.717, 1.165) is 25.1 Å². The number of rotatable bonds is 1. The number of allylic oxidation sites excluding steroid dienone is 1. The summed E-state index contributed by atoms with van der Waals surface area (Å²) in [5, 5.41) is 9.72. The Kier molecular flexibility index (Phi) is 3.12. The van der Waals surface area contributed by atoms with Crippen molar-refractivity contribution < 1.29 is 9.90 Å². The summed E-state index contributed by atoms with van der Waals surface area (Å²) in [6, 6.07) is 0.511. The van der Waals surface area contributed by atoms with E-state index in [9.17, 15) is 9.90 Å². The lowest BCUT2D eigenvalue weighted by atomic mass is 9.48. The van der Waals surface area contributed by atoms with Gasteiger partial charge in [0.25, 0.3) is 0 Å². The van der Waals surface area contributed by atoms with E-state index < -0.39 is 5.97 Å². The van der Waals surface area contributed by atoms with Gasteiger partial charge in [-0.15, -0.1) is 0 Å². The Morgan fingerprint density at radius 1 is 1.20 bits per heavy atom. The van der Waals surface area contributed by atoms with Crippen molar-refractivity contribution >= 4 is 12.0 Å². The molecular formula is C21H28N2O2. The Morgan fingerprint density at radius 2 is 2.04 bits per heavy atom. The molecule has 0 radical (unpaired) electrons. The molecule has 0 aromatic carbocycles. The summed E-state index contributed by atoms with van der Waals surface area (Å²) in [5.74, 6) is 2.33. The van der Waals surface area contributed by atoms with E-state index in [0.29, 0.717) is 23.8 Å². The van der Waals surface area contributed by atoms with E-state index in [2.05, 4.69) is 41.7 Å². The Labute approximate surface area is 149 Å². The Balaban J connectivity index is 1.51. The van der Waals surface area contributed by atoms with Crippen molar-refractivity contribution in [1.82, 2.24) is 9.55 Å². The van der Waals surface area contributed by atoms with Gasteiger partial charge in [0, 0.05) is 23.9 Å². The molecule has 1 aromatic heterocycles. The molecule has 7 atom stereocenters. The number of imidazole rings is 1. The molecule has 4 nitrogen and oxygen atoms in total. The van der Waals surface area contributed by atoms with Crippen molar-refractivity contribution in [2.45, 2.75) is 58.4 Å². The van der Waals surface area contributed by atoms with Crippen molar-refractivity contribution in [1.29, 1.82) is 0 Å². The molecule has 1 aromatic rings. The van der Waals surface area contributed by atoms with Crippen LogP contribution in [0.2, 0.25) is 0 Å². The molecule has 2 heterocycles. The van der Waals surface area contributed by atoms with Crippen LogP contribution in [-0.2, 0) is 4.79 Å². The average molecular weight is 340 g/mol. The summed E-state index contributed by atoms with van der Waals surface area (Å²) in [6.07, 6.45) is 15.4. The largest absolute Gasteiger partial charge is 0.481 e. The van der Waals surface area contributed by atoms with Crippen molar-refractivity contribution in [2.75, 3.05) is 0 Å². The van der Waals surface area contributed by atoms with Crippen molar-refractivity contribution in [3.8, 4) is 0 Å². The molecule has 6 unspecified atom stereocenters. The van der Waals surface area contributed by atoms with Gasteiger partial charge in [-0.1, -0.05) is 19.9 Å². The molecule has 4 aliphatic rings. The van der Waals surface area contributed by atoms with E-state index >= 15 is 0 Å². The number of hydrogen-bond donors (Lipinski definition) is 1. The minimum Gasteiger partial charge on any atom is -0.481 e. The zero-order chi connectivity index (χ0) is 17.4. The maximum absolute atomic E-state index is 11.8. The second-order valence-corrected chi connectivity index (χ2v) is 9.37. The Bertz CT molecular complexity index is 753. The average Bonchev–Trinajstić information content (AvgIpc) is 3.17. The fourth-order valence-electron chi connectivity index (χ4n) is 7.42. The molecule has 3 saturated carbocycles. The topological polar surface area (TPSA) is 55.1 Å². The molecule has 0 amide bonds. The first-order valence-electron chi connectivity index (χ1n) is 9.90. The van der Waals surface area contributed by atoms with Gasteiger partial charge in [-0.25, -0.2) is 4.98 Å². The zero-order valence-corrected chi connectivity index (χ0v) is 15.2. The lowest BCUT2D eigenvalue weighted by Gasteiger charge is -2.58. The smallest absolute Gasteiger partial charge is 0.307 e. The highest BCUT2D eigenvalue weighted by atomic mass is 16.4. The summed E-state index contributed by atoms with van der Waals surface area (Å²) >= 11 is 0. The molecule has 134 valence electrons. The van der Waals surface area contributed by atoms with Crippen molar-refractivity contribution in [3.05, 3.63) is 24.3 Å². The van der Waals surface area contributed by atoms with Crippen LogP contribution in [0.25, 0.3) is 6.08 Å². The highest BCUT2D eigenvalue weighted by Gasteiger charge is 2.61. The highest BCUT2D eigenvalue weighted by Crippen LogP contribution is 2.66. The summed E-state index contributed by atoms with van der Waals surface area (Å²) in [4.78, 5) is 16.3. The number of carbonyl (C=O) groups is 1. The molecular weight excluding hydrogens is 312 g/mol. The van der Waals surface area contributed by atoms with Gasteiger partial charge in [0.05, 0.1) is 5.92 Å². The quantitative estimate of drug-likeness (QED) is 0.824. The number of carboxylic acid groups (broad SMARTS) is 1. The van der Waals surface area contributed by atoms with Crippen LogP contribution in [0.3, 0.4) is 0 Å². The molecule has 4 heteroatoms. The number of nitrogens with zero attached hydrogens (tertiary/aromatic N) is 2. The molecule has 0 bridgehead atoms. The second kappa shape index (κ2) is 4.99. The van der Waals surface area contributed by atoms with Crippen molar-refractivity contribution in [2.24, 2.45) is 34.5 Å². The minimum atomic E-state index is -0.566. The molecule has 0 saturated heterocycles. The van der Waals surface area contributed by atoms with Gasteiger partial charge in [0.1, 0.15) is 5.82 Å². The van der Waals surface area contributed by atoms with E-state index in [1.807, 2.05) is 6.20 Å². The summed E-state index contributed by atoms with van der Waals surface area (Å²) in [7, 11) is 0. The van der Waals surface area contributed by atoms with Crippen LogP contribution in [0.5, 0.6) is 0 Å². The number of aromatic nitrogens is 2. The third kappa shape index (κ3) is 1.89. The Hall–Kier alpha value is -1.58. The van der Waals surface area contributed by atoms with E-state index in [1.165, 1.54) is 19.3 Å². The summed E-state index contributed by atoms with van der Waals surface area (Å²) < 4.78 is 2.39. The van der Waals surface area contributed by atoms with Gasteiger partial charge in [0.15, 0.2) is 0 Å². The van der Waals surface area contributed by atoms with Crippen LogP contribution in [0.1, 0.15) is 64.2 Å². The maximum Gasteiger partial charge on any atom is 0.307 e. The first kappa shape index (κ1) is 15.7. The van der Waals surface area contributed by atoms with Gasteiger partial charge in [-0.3, -0.25) is 4.79 Å². The number of hydrogen-bond acceptors (Lipinski definition) is 2. The second-order valence-electron chi connectivity index (χ2n) is 9.37. The van der Waals surface area contributed by atoms with Crippen LogP contribution in [0.15, 0.2) is 18.5 Å². The maximum atomic E-state index is 11.8. The normalized spacial score (nSPS) is 47.5. The first-order valence-corrected chi connectivity index (χ1v) is 9.90. The lowest BCUT2D eigenvalue weighted by molar-refractivity contribution is -0.149. The van der Waals surface area contributed by atoms with Gasteiger partial charge >= 0.3 is 5.97 Å². The molecule has 1 aliphatic heterocycles. The molecule has 25 heavy (non-hydrogen) atoms. The van der Waals surface area contributed by atoms with Crippen LogP contribution in [-0.4, -0.2) is 20.6 Å². The fourth-order valence-corrected chi connectivity index (χ4v) is 7.42. The standard InChI is InChI=1S/C21H28N2O2/c1-20-9-7-15-13(14(20)4-5-16(20)19(24)25)3-6-17-21(15,2)10-8-18-22-11-12-23(17)18/h8,10-17H,3-7,9H2,1-2H3,(H,24,25)/t13?,14?,15?,16-,17?,20?,21?/m1/s1. The third-order valence-electron chi connectivity index (χ3n) is 8.65. The molecule has 3 fully saturated rings. The first-order chi connectivity index (χ1) is 11.9.